The van der Waals surface area contributed by atoms with Gasteiger partial charge in [-0.05, 0) is 13.0 Å². The molecule has 17 heavy (non-hydrogen) atoms. The first-order valence-corrected chi connectivity index (χ1v) is 4.79. The molecule has 0 aliphatic carbocycles. The van der Waals surface area contributed by atoms with Crippen molar-refractivity contribution >= 4 is 17.6 Å². The second kappa shape index (κ2) is 4.52. The normalized spacial score (nSPS) is 11.6. The Kier molecular flexibility index (Phi) is 3.66. The summed E-state index contributed by atoms with van der Waals surface area (Å²) >= 11 is 5.45. The second-order valence-electron chi connectivity index (χ2n) is 3.39. The van der Waals surface area contributed by atoms with Crippen molar-refractivity contribution in [3.63, 3.8) is 0 Å². The second-order valence-corrected chi connectivity index (χ2v) is 3.80. The Morgan fingerprint density at radius 2 is 2.00 bits per heavy atom. The summed E-state index contributed by atoms with van der Waals surface area (Å²) in [7, 11) is 0. The van der Waals surface area contributed by atoms with Gasteiger partial charge < -0.3 is 5.11 Å². The van der Waals surface area contributed by atoms with Crippen molar-refractivity contribution in [3.05, 3.63) is 33.6 Å². The molecule has 0 saturated carbocycles. The predicted molar refractivity (Wildman–Crippen MR) is 52.5 cm³/mol. The molecule has 1 rings (SSSR count). The summed E-state index contributed by atoms with van der Waals surface area (Å²) < 4.78 is 51.3. The molecule has 0 radical (unpaired) electrons. The minimum Gasteiger partial charge on any atom is -0.481 e. The van der Waals surface area contributed by atoms with Gasteiger partial charge in [0, 0.05) is 16.1 Å². The van der Waals surface area contributed by atoms with E-state index in [4.69, 9.17) is 16.7 Å². The Balaban J connectivity index is 3.52. The van der Waals surface area contributed by atoms with E-state index in [0.717, 1.165) is 0 Å². The lowest BCUT2D eigenvalue weighted by Gasteiger charge is -2.15. The van der Waals surface area contributed by atoms with Crippen LogP contribution in [0.25, 0.3) is 0 Å². The van der Waals surface area contributed by atoms with E-state index in [1.54, 1.807) is 0 Å². The fraction of sp³-hybridized carbons (Fsp3) is 0.300. The number of benzene rings is 1. The van der Waals surface area contributed by atoms with E-state index in [1.807, 2.05) is 0 Å². The van der Waals surface area contributed by atoms with Gasteiger partial charge in [-0.1, -0.05) is 11.6 Å². The van der Waals surface area contributed by atoms with E-state index >= 15 is 0 Å². The highest BCUT2D eigenvalue weighted by atomic mass is 35.5. The maximum Gasteiger partial charge on any atom is 0.416 e. The van der Waals surface area contributed by atoms with Crippen molar-refractivity contribution in [1.29, 1.82) is 0 Å². The summed E-state index contributed by atoms with van der Waals surface area (Å²) in [5, 5.41) is 8.09. The molecule has 0 aliphatic rings. The van der Waals surface area contributed by atoms with E-state index < -0.39 is 35.5 Å². The van der Waals surface area contributed by atoms with Crippen LogP contribution in [0.15, 0.2) is 6.07 Å². The van der Waals surface area contributed by atoms with Crippen molar-refractivity contribution in [2.24, 2.45) is 0 Å². The van der Waals surface area contributed by atoms with Crippen molar-refractivity contribution in [2.75, 3.05) is 0 Å². The molecule has 0 aliphatic heterocycles. The Labute approximate surface area is 98.8 Å². The highest BCUT2D eigenvalue weighted by molar-refractivity contribution is 6.31. The summed E-state index contributed by atoms with van der Waals surface area (Å²) in [6.45, 7) is 1.18. The van der Waals surface area contributed by atoms with Crippen LogP contribution >= 0.6 is 11.6 Å². The molecule has 1 N–H and O–H groups in total. The van der Waals surface area contributed by atoms with Gasteiger partial charge in [-0.15, -0.1) is 0 Å². The summed E-state index contributed by atoms with van der Waals surface area (Å²) in [6, 6.07) is 0.540. The summed E-state index contributed by atoms with van der Waals surface area (Å²) in [5.74, 6) is -2.77. The van der Waals surface area contributed by atoms with E-state index in [1.165, 1.54) is 6.92 Å². The van der Waals surface area contributed by atoms with E-state index in [9.17, 15) is 22.4 Å². The molecule has 0 amide bonds. The molecule has 1 aromatic carbocycles. The van der Waals surface area contributed by atoms with Crippen LogP contribution in [0.5, 0.6) is 0 Å². The van der Waals surface area contributed by atoms with Crippen LogP contribution < -0.4 is 0 Å². The molecule has 0 spiro atoms. The number of carbonyl (C=O) groups is 1. The van der Waals surface area contributed by atoms with Gasteiger partial charge in [-0.2, -0.15) is 13.2 Å². The van der Waals surface area contributed by atoms with Gasteiger partial charge >= 0.3 is 12.1 Å². The van der Waals surface area contributed by atoms with Gasteiger partial charge in [0.25, 0.3) is 0 Å². The van der Waals surface area contributed by atoms with Crippen LogP contribution in [0, 0.1) is 12.7 Å². The molecule has 0 atom stereocenters. The largest absolute Gasteiger partial charge is 0.481 e. The Hall–Kier alpha value is -1.30. The molecule has 0 saturated heterocycles. The van der Waals surface area contributed by atoms with Crippen LogP contribution in [-0.2, 0) is 17.4 Å². The average molecular weight is 271 g/mol. The number of rotatable bonds is 2. The minimum absolute atomic E-state index is 0.198. The van der Waals surface area contributed by atoms with E-state index in [-0.39, 0.29) is 10.6 Å². The molecule has 7 heteroatoms. The molecular weight excluding hydrogens is 264 g/mol. The van der Waals surface area contributed by atoms with Crippen LogP contribution in [0.1, 0.15) is 16.7 Å². The molecular formula is C10H7ClF4O2. The van der Waals surface area contributed by atoms with Crippen LogP contribution in [0.3, 0.4) is 0 Å². The third-order valence-electron chi connectivity index (χ3n) is 2.18. The van der Waals surface area contributed by atoms with Crippen LogP contribution in [-0.4, -0.2) is 11.1 Å². The van der Waals surface area contributed by atoms with Gasteiger partial charge in [0.2, 0.25) is 0 Å². The molecule has 1 aromatic rings. The molecule has 94 valence electrons. The lowest BCUT2D eigenvalue weighted by atomic mass is 10.00. The first-order chi connectivity index (χ1) is 7.64. The first kappa shape index (κ1) is 13.8. The van der Waals surface area contributed by atoms with Gasteiger partial charge in [0.15, 0.2) is 0 Å². The average Bonchev–Trinajstić information content (AvgIpc) is 2.16. The van der Waals surface area contributed by atoms with Crippen LogP contribution in [0.2, 0.25) is 5.02 Å². The van der Waals surface area contributed by atoms with Crippen molar-refractivity contribution in [3.8, 4) is 0 Å². The zero-order valence-electron chi connectivity index (χ0n) is 8.53. The van der Waals surface area contributed by atoms with Crippen LogP contribution in [0.4, 0.5) is 17.6 Å². The maximum atomic E-state index is 13.6. The molecule has 2 nitrogen and oxygen atoms in total. The SMILES string of the molecule is Cc1c(Cl)cc(C(F)(F)F)c(CC(=O)O)c1F. The molecule has 0 bridgehead atoms. The molecule has 0 fully saturated rings. The number of hydrogen-bond acceptors (Lipinski definition) is 1. The van der Waals surface area contributed by atoms with Gasteiger partial charge in [-0.3, -0.25) is 4.79 Å². The number of aliphatic carboxylic acids is 1. The lowest BCUT2D eigenvalue weighted by Crippen LogP contribution is -2.15. The predicted octanol–water partition coefficient (Wildman–Crippen LogP) is 3.43. The van der Waals surface area contributed by atoms with Crippen molar-refractivity contribution in [1.82, 2.24) is 0 Å². The fourth-order valence-corrected chi connectivity index (χ4v) is 1.54. The van der Waals surface area contributed by atoms with Gasteiger partial charge in [-0.25, -0.2) is 4.39 Å². The third-order valence-corrected chi connectivity index (χ3v) is 2.57. The zero-order chi connectivity index (χ0) is 13.4. The number of halogens is 5. The van der Waals surface area contributed by atoms with Gasteiger partial charge in [0.1, 0.15) is 5.82 Å². The first-order valence-electron chi connectivity index (χ1n) is 4.41. The molecule has 0 heterocycles. The Morgan fingerprint density at radius 1 is 1.47 bits per heavy atom. The molecule has 0 unspecified atom stereocenters. The molecule has 0 aromatic heterocycles. The van der Waals surface area contributed by atoms with Crippen molar-refractivity contribution in [2.45, 2.75) is 19.5 Å². The lowest BCUT2D eigenvalue weighted by molar-refractivity contribution is -0.140. The topological polar surface area (TPSA) is 37.3 Å². The van der Waals surface area contributed by atoms with Crippen molar-refractivity contribution < 1.29 is 27.5 Å². The number of carboxylic acid groups (broad SMARTS) is 1. The quantitative estimate of drug-likeness (QED) is 0.836. The Morgan fingerprint density at radius 3 is 2.41 bits per heavy atom. The maximum absolute atomic E-state index is 13.6. The standard InChI is InChI=1S/C10H7ClF4O2/c1-4-7(11)3-6(10(13,14)15)5(9(4)12)2-8(16)17/h3H,2H2,1H3,(H,16,17). The highest BCUT2D eigenvalue weighted by Crippen LogP contribution is 2.37. The van der Waals surface area contributed by atoms with E-state index in [0.29, 0.717) is 6.07 Å². The number of alkyl halides is 3. The monoisotopic (exact) mass is 270 g/mol. The zero-order valence-corrected chi connectivity index (χ0v) is 9.29. The number of carboxylic acids is 1. The van der Waals surface area contributed by atoms with Gasteiger partial charge in [0.05, 0.1) is 12.0 Å². The third kappa shape index (κ3) is 2.88. The Bertz CT molecular complexity index is 468. The summed E-state index contributed by atoms with van der Waals surface area (Å²) in [4.78, 5) is 10.4. The van der Waals surface area contributed by atoms with E-state index in [2.05, 4.69) is 0 Å². The highest BCUT2D eigenvalue weighted by Gasteiger charge is 2.36. The summed E-state index contributed by atoms with van der Waals surface area (Å²) in [5.41, 5.74) is -2.45. The fourth-order valence-electron chi connectivity index (χ4n) is 1.35. The minimum atomic E-state index is -4.84. The summed E-state index contributed by atoms with van der Waals surface area (Å²) in [6.07, 6.45) is -5.89. The number of hydrogen-bond donors (Lipinski definition) is 1. The smallest absolute Gasteiger partial charge is 0.416 e.